The Labute approximate surface area is 171 Å². The summed E-state index contributed by atoms with van der Waals surface area (Å²) < 4.78 is 19.1. The zero-order valence-corrected chi connectivity index (χ0v) is 16.5. The largest absolute Gasteiger partial charge is 0.375 e. The van der Waals surface area contributed by atoms with Gasteiger partial charge in [0, 0.05) is 25.0 Å². The molecule has 0 saturated carbocycles. The fourth-order valence-corrected chi connectivity index (χ4v) is 5.39. The van der Waals surface area contributed by atoms with Gasteiger partial charge in [0.2, 0.25) is 5.91 Å². The van der Waals surface area contributed by atoms with Crippen LogP contribution in [0.5, 0.6) is 0 Å². The van der Waals surface area contributed by atoms with Gasteiger partial charge in [-0.25, -0.2) is 4.39 Å². The molecule has 1 spiro atoms. The first-order valence-electron chi connectivity index (χ1n) is 9.05. The van der Waals surface area contributed by atoms with E-state index in [-0.39, 0.29) is 25.0 Å². The monoisotopic (exact) mass is 411 g/mol. The van der Waals surface area contributed by atoms with Crippen LogP contribution in [0.25, 0.3) is 0 Å². The number of rotatable bonds is 4. The SMILES string of the molecule is COCC(=O)N1CCS[C@]12C(=O)N(Cc1cccc(C#N)c1)c1ccc(F)cc12. The van der Waals surface area contributed by atoms with Crippen LogP contribution in [0.15, 0.2) is 42.5 Å². The van der Waals surface area contributed by atoms with Crippen molar-refractivity contribution in [3.8, 4) is 6.07 Å². The van der Waals surface area contributed by atoms with Crippen LogP contribution in [0.2, 0.25) is 0 Å². The van der Waals surface area contributed by atoms with E-state index in [2.05, 4.69) is 6.07 Å². The molecule has 2 heterocycles. The van der Waals surface area contributed by atoms with Crippen LogP contribution < -0.4 is 4.90 Å². The highest BCUT2D eigenvalue weighted by atomic mass is 32.2. The number of thioether (sulfide) groups is 1. The van der Waals surface area contributed by atoms with Crippen molar-refractivity contribution >= 4 is 29.3 Å². The summed E-state index contributed by atoms with van der Waals surface area (Å²) in [6, 6.07) is 13.3. The molecule has 2 aliphatic heterocycles. The second-order valence-corrected chi connectivity index (χ2v) is 8.12. The number of amides is 2. The molecule has 6 nitrogen and oxygen atoms in total. The Balaban J connectivity index is 1.79. The number of carbonyl (C=O) groups excluding carboxylic acids is 2. The molecule has 2 aliphatic rings. The van der Waals surface area contributed by atoms with Crippen LogP contribution in [-0.2, 0) is 25.7 Å². The molecular formula is C21H18FN3O3S. The molecule has 0 aliphatic carbocycles. The summed E-state index contributed by atoms with van der Waals surface area (Å²) in [5.74, 6) is -0.493. The molecule has 0 bridgehead atoms. The average Bonchev–Trinajstić information content (AvgIpc) is 3.26. The van der Waals surface area contributed by atoms with E-state index in [9.17, 15) is 14.0 Å². The second kappa shape index (κ2) is 7.50. The summed E-state index contributed by atoms with van der Waals surface area (Å²) >= 11 is 1.34. The molecule has 29 heavy (non-hydrogen) atoms. The van der Waals surface area contributed by atoms with Crippen molar-refractivity contribution in [3.63, 3.8) is 0 Å². The lowest BCUT2D eigenvalue weighted by molar-refractivity contribution is -0.143. The third-order valence-corrected chi connectivity index (χ3v) is 6.54. The van der Waals surface area contributed by atoms with Gasteiger partial charge in [0.1, 0.15) is 12.4 Å². The van der Waals surface area contributed by atoms with Gasteiger partial charge in [0.05, 0.1) is 23.9 Å². The van der Waals surface area contributed by atoms with E-state index >= 15 is 0 Å². The van der Waals surface area contributed by atoms with Gasteiger partial charge in [0.15, 0.2) is 4.87 Å². The number of nitrogens with zero attached hydrogens (tertiary/aromatic N) is 3. The Kier molecular flexibility index (Phi) is 5.03. The maximum Gasteiger partial charge on any atom is 0.268 e. The summed E-state index contributed by atoms with van der Waals surface area (Å²) in [5.41, 5.74) is 2.33. The average molecular weight is 411 g/mol. The smallest absolute Gasteiger partial charge is 0.268 e. The summed E-state index contributed by atoms with van der Waals surface area (Å²) in [6.45, 7) is 0.457. The molecule has 1 atom stereocenters. The molecule has 148 valence electrons. The van der Waals surface area contributed by atoms with Gasteiger partial charge in [0.25, 0.3) is 5.91 Å². The number of anilines is 1. The van der Waals surface area contributed by atoms with E-state index in [1.807, 2.05) is 6.07 Å². The van der Waals surface area contributed by atoms with Crippen LogP contribution in [0.3, 0.4) is 0 Å². The quantitative estimate of drug-likeness (QED) is 0.773. The number of fused-ring (bicyclic) bond motifs is 2. The minimum absolute atomic E-state index is 0.148. The molecule has 2 amide bonds. The van der Waals surface area contributed by atoms with Gasteiger partial charge in [-0.05, 0) is 35.9 Å². The third kappa shape index (κ3) is 3.07. The third-order valence-electron chi connectivity index (χ3n) is 5.12. The van der Waals surface area contributed by atoms with Gasteiger partial charge < -0.3 is 14.5 Å². The molecule has 2 aromatic rings. The minimum atomic E-state index is -1.29. The van der Waals surface area contributed by atoms with Crippen molar-refractivity contribution in [1.29, 1.82) is 5.26 Å². The van der Waals surface area contributed by atoms with Crippen molar-refractivity contribution in [1.82, 2.24) is 4.90 Å². The van der Waals surface area contributed by atoms with Crippen LogP contribution >= 0.6 is 11.8 Å². The number of hydrogen-bond acceptors (Lipinski definition) is 5. The summed E-state index contributed by atoms with van der Waals surface area (Å²) in [6.07, 6.45) is 0. The van der Waals surface area contributed by atoms with E-state index in [0.717, 1.165) is 5.56 Å². The van der Waals surface area contributed by atoms with Gasteiger partial charge in [-0.2, -0.15) is 5.26 Å². The van der Waals surface area contributed by atoms with Gasteiger partial charge in [-0.3, -0.25) is 9.59 Å². The first-order valence-corrected chi connectivity index (χ1v) is 10.0. The molecule has 4 rings (SSSR count). The lowest BCUT2D eigenvalue weighted by Crippen LogP contribution is -2.51. The highest BCUT2D eigenvalue weighted by Crippen LogP contribution is 2.54. The fourth-order valence-electron chi connectivity index (χ4n) is 3.92. The summed E-state index contributed by atoms with van der Waals surface area (Å²) in [5, 5.41) is 9.15. The molecule has 1 fully saturated rings. The normalized spacial score (nSPS) is 20.2. The fraction of sp³-hybridized carbons (Fsp3) is 0.286. The number of carbonyl (C=O) groups is 2. The van der Waals surface area contributed by atoms with Crippen molar-refractivity contribution in [2.45, 2.75) is 11.4 Å². The Hall–Kier alpha value is -2.89. The van der Waals surface area contributed by atoms with Crippen molar-refractivity contribution in [3.05, 3.63) is 65.0 Å². The molecule has 0 N–H and O–H groups in total. The predicted octanol–water partition coefficient (Wildman–Crippen LogP) is 2.62. The number of methoxy groups -OCH3 is 1. The number of halogens is 1. The van der Waals surface area contributed by atoms with Crippen molar-refractivity contribution < 1.29 is 18.7 Å². The standard InChI is InChI=1S/C21H18FN3O3S/c1-28-13-19(26)25-7-8-29-21(25)17-10-16(22)5-6-18(17)24(20(21)27)12-15-4-2-3-14(9-15)11-23/h2-6,9-10H,7-8,12-13H2,1H3/t21-/m1/s1. The maximum atomic E-state index is 14.2. The zero-order valence-electron chi connectivity index (χ0n) is 15.7. The molecule has 0 unspecified atom stereocenters. The van der Waals surface area contributed by atoms with Crippen molar-refractivity contribution in [2.24, 2.45) is 0 Å². The van der Waals surface area contributed by atoms with E-state index in [1.54, 1.807) is 29.2 Å². The summed E-state index contributed by atoms with van der Waals surface area (Å²) in [7, 11) is 1.42. The Bertz CT molecular complexity index is 1040. The second-order valence-electron chi connectivity index (χ2n) is 6.84. The Morgan fingerprint density at radius 1 is 1.34 bits per heavy atom. The minimum Gasteiger partial charge on any atom is -0.375 e. The van der Waals surface area contributed by atoms with Crippen molar-refractivity contribution in [2.75, 3.05) is 30.9 Å². The van der Waals surface area contributed by atoms with E-state index in [4.69, 9.17) is 10.00 Å². The topological polar surface area (TPSA) is 73.6 Å². The highest BCUT2D eigenvalue weighted by Gasteiger charge is 2.59. The molecule has 0 radical (unpaired) electrons. The first-order chi connectivity index (χ1) is 14.0. The number of hydrogen-bond donors (Lipinski definition) is 0. The molecule has 1 saturated heterocycles. The van der Waals surface area contributed by atoms with E-state index in [0.29, 0.717) is 29.1 Å². The Morgan fingerprint density at radius 2 is 2.17 bits per heavy atom. The number of nitriles is 1. The summed E-state index contributed by atoms with van der Waals surface area (Å²) in [4.78, 5) is 28.1. The van der Waals surface area contributed by atoms with Gasteiger partial charge in [-0.15, -0.1) is 11.8 Å². The number of benzene rings is 2. The first kappa shape index (κ1) is 19.4. The number of ether oxygens (including phenoxy) is 1. The van der Waals surface area contributed by atoms with E-state index in [1.165, 1.54) is 35.9 Å². The van der Waals surface area contributed by atoms with Crippen LogP contribution in [0.4, 0.5) is 10.1 Å². The maximum absolute atomic E-state index is 14.2. The van der Waals surface area contributed by atoms with Crippen LogP contribution in [0.1, 0.15) is 16.7 Å². The predicted molar refractivity (Wildman–Crippen MR) is 106 cm³/mol. The lowest BCUT2D eigenvalue weighted by atomic mass is 10.1. The van der Waals surface area contributed by atoms with Crippen LogP contribution in [0, 0.1) is 17.1 Å². The molecule has 2 aromatic carbocycles. The highest BCUT2D eigenvalue weighted by molar-refractivity contribution is 8.01. The van der Waals surface area contributed by atoms with E-state index < -0.39 is 10.7 Å². The Morgan fingerprint density at radius 3 is 2.93 bits per heavy atom. The van der Waals surface area contributed by atoms with Gasteiger partial charge in [-0.1, -0.05) is 12.1 Å². The van der Waals surface area contributed by atoms with Gasteiger partial charge >= 0.3 is 0 Å². The lowest BCUT2D eigenvalue weighted by Gasteiger charge is -2.33. The zero-order chi connectivity index (χ0) is 20.6. The molecule has 8 heteroatoms. The molecular weight excluding hydrogens is 393 g/mol. The molecule has 0 aromatic heterocycles. The van der Waals surface area contributed by atoms with Crippen LogP contribution in [-0.4, -0.2) is 42.7 Å².